The number of pyridine rings is 2. The van der Waals surface area contributed by atoms with E-state index >= 15 is 0 Å². The van der Waals surface area contributed by atoms with E-state index in [1.54, 1.807) is 31.5 Å². The Bertz CT molecular complexity index is 1080. The van der Waals surface area contributed by atoms with E-state index in [1.807, 2.05) is 24.0 Å². The summed E-state index contributed by atoms with van der Waals surface area (Å²) in [6.45, 7) is 3.45. The minimum atomic E-state index is -0.0182. The molecule has 0 atom stereocenters. The number of hydrogen-bond acceptors (Lipinski definition) is 5. The largest absolute Gasteiger partial charge is 0.495 e. The smallest absolute Gasteiger partial charge is 0.257 e. The van der Waals surface area contributed by atoms with Crippen LogP contribution in [-0.2, 0) is 0 Å². The van der Waals surface area contributed by atoms with Crippen LogP contribution >= 0.6 is 24.0 Å². The Kier molecular flexibility index (Phi) is 7.57. The van der Waals surface area contributed by atoms with Gasteiger partial charge in [-0.25, -0.2) is 9.97 Å². The van der Waals surface area contributed by atoms with E-state index in [0.29, 0.717) is 33.4 Å². The van der Waals surface area contributed by atoms with Crippen molar-refractivity contribution in [2.45, 2.75) is 32.6 Å². The SMILES string of the molecule is COc1ccc(Cl)cc1Nc1c(C(=O)N2CCCCCC2)cnc2nc(C)ccc12.Cl. The van der Waals surface area contributed by atoms with Gasteiger partial charge in [-0.1, -0.05) is 24.4 Å². The van der Waals surface area contributed by atoms with E-state index in [4.69, 9.17) is 16.3 Å². The maximum absolute atomic E-state index is 13.5. The number of ether oxygens (including phenoxy) is 1. The molecular formula is C23H26Cl2N4O2. The first-order valence-corrected chi connectivity index (χ1v) is 10.6. The highest BCUT2D eigenvalue weighted by molar-refractivity contribution is 6.31. The van der Waals surface area contributed by atoms with E-state index in [-0.39, 0.29) is 18.3 Å². The highest BCUT2D eigenvalue weighted by atomic mass is 35.5. The van der Waals surface area contributed by atoms with Crippen molar-refractivity contribution in [3.63, 3.8) is 0 Å². The van der Waals surface area contributed by atoms with Crippen molar-refractivity contribution < 1.29 is 9.53 Å². The molecule has 0 unspecified atom stereocenters. The number of rotatable bonds is 4. The number of aryl methyl sites for hydroxylation is 1. The van der Waals surface area contributed by atoms with Crippen LogP contribution in [0.2, 0.25) is 5.02 Å². The number of halogens is 2. The molecule has 6 nitrogen and oxygen atoms in total. The molecule has 1 amide bonds. The molecule has 0 spiro atoms. The summed E-state index contributed by atoms with van der Waals surface area (Å²) in [6.07, 6.45) is 6.00. The van der Waals surface area contributed by atoms with E-state index in [1.165, 1.54) is 0 Å². The number of carbonyl (C=O) groups excluding carboxylic acids is 1. The maximum atomic E-state index is 13.5. The van der Waals surface area contributed by atoms with E-state index in [9.17, 15) is 4.79 Å². The number of anilines is 2. The van der Waals surface area contributed by atoms with Gasteiger partial charge in [0.2, 0.25) is 0 Å². The first kappa shape index (κ1) is 23.1. The summed E-state index contributed by atoms with van der Waals surface area (Å²) in [6, 6.07) is 9.22. The van der Waals surface area contributed by atoms with Gasteiger partial charge in [0.1, 0.15) is 5.75 Å². The highest BCUT2D eigenvalue weighted by Crippen LogP contribution is 2.35. The number of nitrogens with zero attached hydrogens (tertiary/aromatic N) is 3. The number of methoxy groups -OCH3 is 1. The third-order valence-electron chi connectivity index (χ3n) is 5.41. The third kappa shape index (κ3) is 5.02. The van der Waals surface area contributed by atoms with Crippen LogP contribution in [0.3, 0.4) is 0 Å². The third-order valence-corrected chi connectivity index (χ3v) is 5.65. The number of nitrogens with one attached hydrogen (secondary N) is 1. The minimum Gasteiger partial charge on any atom is -0.495 e. The second-order valence-electron chi connectivity index (χ2n) is 7.55. The number of amides is 1. The van der Waals surface area contributed by atoms with Gasteiger partial charge in [-0.2, -0.15) is 0 Å². The second kappa shape index (κ2) is 10.2. The zero-order valence-corrected chi connectivity index (χ0v) is 19.2. The van der Waals surface area contributed by atoms with Crippen LogP contribution in [0.25, 0.3) is 11.0 Å². The van der Waals surface area contributed by atoms with E-state index in [2.05, 4.69) is 15.3 Å². The molecule has 164 valence electrons. The molecule has 0 radical (unpaired) electrons. The highest BCUT2D eigenvalue weighted by Gasteiger charge is 2.23. The van der Waals surface area contributed by atoms with Gasteiger partial charge in [0, 0.05) is 35.4 Å². The molecule has 3 heterocycles. The predicted octanol–water partition coefficient (Wildman–Crippen LogP) is 5.78. The maximum Gasteiger partial charge on any atom is 0.257 e. The molecule has 2 aromatic heterocycles. The van der Waals surface area contributed by atoms with Crippen LogP contribution in [0.1, 0.15) is 41.7 Å². The Labute approximate surface area is 193 Å². The zero-order chi connectivity index (χ0) is 21.1. The lowest BCUT2D eigenvalue weighted by atomic mass is 10.1. The molecule has 4 rings (SSSR count). The number of aromatic nitrogens is 2. The Hall–Kier alpha value is -2.57. The summed E-state index contributed by atoms with van der Waals surface area (Å²) in [5.41, 5.74) is 3.33. The van der Waals surface area contributed by atoms with E-state index < -0.39 is 0 Å². The summed E-state index contributed by atoms with van der Waals surface area (Å²) in [4.78, 5) is 24.4. The van der Waals surface area contributed by atoms with Gasteiger partial charge in [0.25, 0.3) is 5.91 Å². The van der Waals surface area contributed by atoms with Crippen LogP contribution in [-0.4, -0.2) is 41.0 Å². The summed E-state index contributed by atoms with van der Waals surface area (Å²) >= 11 is 6.23. The number of fused-ring (bicyclic) bond motifs is 1. The van der Waals surface area contributed by atoms with Crippen molar-refractivity contribution in [3.05, 3.63) is 52.8 Å². The lowest BCUT2D eigenvalue weighted by Gasteiger charge is -2.23. The molecule has 3 aromatic rings. The molecule has 1 N–H and O–H groups in total. The summed E-state index contributed by atoms with van der Waals surface area (Å²) in [7, 11) is 1.60. The topological polar surface area (TPSA) is 67.3 Å². The first-order chi connectivity index (χ1) is 14.6. The Morgan fingerprint density at radius 1 is 1.13 bits per heavy atom. The standard InChI is InChI=1S/C23H25ClN4O2.ClH/c1-15-7-9-17-21(27-19-13-16(24)8-10-20(19)30-2)18(14-25-22(17)26-15)23(29)28-11-5-3-4-6-12-28;/h7-10,13-14H,3-6,11-12H2,1-2H3,(H,25,26,27);1H. The summed E-state index contributed by atoms with van der Waals surface area (Å²) in [5.74, 6) is 0.618. The van der Waals surface area contributed by atoms with Gasteiger partial charge in [-0.05, 0) is 50.1 Å². The fourth-order valence-electron chi connectivity index (χ4n) is 3.83. The monoisotopic (exact) mass is 460 g/mol. The molecule has 8 heteroatoms. The number of likely N-dealkylation sites (tertiary alicyclic amines) is 1. The number of carbonyl (C=O) groups is 1. The van der Waals surface area contributed by atoms with Crippen molar-refractivity contribution in [1.29, 1.82) is 0 Å². The van der Waals surface area contributed by atoms with Crippen LogP contribution in [0.5, 0.6) is 5.75 Å². The first-order valence-electron chi connectivity index (χ1n) is 10.2. The normalized spacial score (nSPS) is 14.0. The van der Waals surface area contributed by atoms with E-state index in [0.717, 1.165) is 49.9 Å². The second-order valence-corrected chi connectivity index (χ2v) is 7.98. The molecule has 1 aliphatic heterocycles. The fraction of sp³-hybridized carbons (Fsp3) is 0.348. The average molecular weight is 461 g/mol. The minimum absolute atomic E-state index is 0. The fourth-order valence-corrected chi connectivity index (χ4v) is 4.00. The molecule has 1 aromatic carbocycles. The van der Waals surface area contributed by atoms with Crippen LogP contribution < -0.4 is 10.1 Å². The quantitative estimate of drug-likeness (QED) is 0.534. The average Bonchev–Trinajstić information content (AvgIpc) is 3.03. The van der Waals surface area contributed by atoms with Gasteiger partial charge in [-0.3, -0.25) is 4.79 Å². The van der Waals surface area contributed by atoms with Gasteiger partial charge in [0.05, 0.1) is 24.0 Å². The number of hydrogen-bond donors (Lipinski definition) is 1. The molecule has 0 aliphatic carbocycles. The zero-order valence-electron chi connectivity index (χ0n) is 17.7. The van der Waals surface area contributed by atoms with Crippen LogP contribution in [0.15, 0.2) is 36.5 Å². The summed E-state index contributed by atoms with van der Waals surface area (Å²) < 4.78 is 5.49. The Morgan fingerprint density at radius 3 is 2.58 bits per heavy atom. The van der Waals surface area contributed by atoms with Crippen molar-refractivity contribution in [1.82, 2.24) is 14.9 Å². The molecule has 0 saturated carbocycles. The van der Waals surface area contributed by atoms with Crippen molar-refractivity contribution in [2.24, 2.45) is 0 Å². The molecule has 31 heavy (non-hydrogen) atoms. The van der Waals surface area contributed by atoms with Gasteiger partial charge < -0.3 is 15.0 Å². The van der Waals surface area contributed by atoms with Crippen LogP contribution in [0, 0.1) is 6.92 Å². The lowest BCUT2D eigenvalue weighted by Crippen LogP contribution is -2.32. The Balaban J connectivity index is 0.00000272. The molecular weight excluding hydrogens is 435 g/mol. The number of benzene rings is 1. The Morgan fingerprint density at radius 2 is 1.87 bits per heavy atom. The molecule has 1 fully saturated rings. The molecule has 0 bridgehead atoms. The van der Waals surface area contributed by atoms with Crippen molar-refractivity contribution in [3.8, 4) is 5.75 Å². The summed E-state index contributed by atoms with van der Waals surface area (Å²) in [5, 5.41) is 4.75. The van der Waals surface area contributed by atoms with Gasteiger partial charge in [-0.15, -0.1) is 12.4 Å². The van der Waals surface area contributed by atoms with Crippen LogP contribution in [0.4, 0.5) is 11.4 Å². The van der Waals surface area contributed by atoms with Gasteiger partial charge in [0.15, 0.2) is 5.65 Å². The molecule has 1 saturated heterocycles. The van der Waals surface area contributed by atoms with Crippen molar-refractivity contribution >= 4 is 52.3 Å². The van der Waals surface area contributed by atoms with Gasteiger partial charge >= 0.3 is 0 Å². The predicted molar refractivity (Wildman–Crippen MR) is 127 cm³/mol. The lowest BCUT2D eigenvalue weighted by molar-refractivity contribution is 0.0762. The molecule has 1 aliphatic rings. The van der Waals surface area contributed by atoms with Crippen molar-refractivity contribution in [2.75, 3.05) is 25.5 Å².